The summed E-state index contributed by atoms with van der Waals surface area (Å²) in [6.07, 6.45) is 1.46. The lowest BCUT2D eigenvalue weighted by molar-refractivity contribution is -0.132. The first-order chi connectivity index (χ1) is 14.9. The molecular weight excluding hydrogens is 408 g/mol. The summed E-state index contributed by atoms with van der Waals surface area (Å²) < 4.78 is 0. The molecule has 6 heteroatoms. The zero-order chi connectivity index (χ0) is 22.4. The standard InChI is InChI=1S/C25H31ClN4O/c1-17(2)24(30(18(3)31)14-8-13-27)25-28-22(15-19-9-5-4-6-10-19)23(29-25)20-11-7-12-21(26)16-20/h4-7,9-12,16-17,24H,8,13-15,27H2,1-3H3,(H,28,29)/t24-/m1/s1. The van der Waals surface area contributed by atoms with Gasteiger partial charge in [-0.3, -0.25) is 4.79 Å². The molecule has 1 atom stereocenters. The molecule has 3 aromatic rings. The van der Waals surface area contributed by atoms with E-state index >= 15 is 0 Å². The van der Waals surface area contributed by atoms with Crippen LogP contribution in [0.15, 0.2) is 54.6 Å². The number of amides is 1. The SMILES string of the molecule is CC(=O)N(CCCN)[C@@H](c1nc(-c2cccc(Cl)c2)c(Cc2ccccc2)[nH]1)C(C)C. The monoisotopic (exact) mass is 438 g/mol. The number of benzene rings is 2. The maximum absolute atomic E-state index is 12.5. The van der Waals surface area contributed by atoms with Crippen LogP contribution in [0, 0.1) is 5.92 Å². The first-order valence-electron chi connectivity index (χ1n) is 10.8. The van der Waals surface area contributed by atoms with E-state index in [1.165, 1.54) is 5.56 Å². The van der Waals surface area contributed by atoms with Gasteiger partial charge < -0.3 is 15.6 Å². The number of aromatic nitrogens is 2. The maximum atomic E-state index is 12.5. The van der Waals surface area contributed by atoms with Crippen LogP contribution in [-0.4, -0.2) is 33.9 Å². The van der Waals surface area contributed by atoms with Crippen molar-refractivity contribution in [1.82, 2.24) is 14.9 Å². The van der Waals surface area contributed by atoms with E-state index in [1.54, 1.807) is 6.92 Å². The van der Waals surface area contributed by atoms with Crippen LogP contribution in [0.5, 0.6) is 0 Å². The Kier molecular flexibility index (Phi) is 7.88. The first-order valence-corrected chi connectivity index (χ1v) is 11.1. The summed E-state index contributed by atoms with van der Waals surface area (Å²) >= 11 is 6.27. The van der Waals surface area contributed by atoms with Gasteiger partial charge in [0.2, 0.25) is 5.91 Å². The highest BCUT2D eigenvalue weighted by Gasteiger charge is 2.29. The van der Waals surface area contributed by atoms with Gasteiger partial charge in [-0.25, -0.2) is 4.98 Å². The van der Waals surface area contributed by atoms with Gasteiger partial charge >= 0.3 is 0 Å². The van der Waals surface area contributed by atoms with Gasteiger partial charge in [0.15, 0.2) is 0 Å². The van der Waals surface area contributed by atoms with Crippen molar-refractivity contribution in [1.29, 1.82) is 0 Å². The number of carbonyl (C=O) groups is 1. The Morgan fingerprint density at radius 3 is 2.52 bits per heavy atom. The Morgan fingerprint density at radius 1 is 1.16 bits per heavy atom. The van der Waals surface area contributed by atoms with Crippen LogP contribution < -0.4 is 5.73 Å². The molecule has 0 saturated heterocycles. The van der Waals surface area contributed by atoms with E-state index in [0.717, 1.165) is 29.2 Å². The summed E-state index contributed by atoms with van der Waals surface area (Å²) in [6, 6.07) is 17.9. The average molecular weight is 439 g/mol. The molecule has 0 aliphatic heterocycles. The van der Waals surface area contributed by atoms with Gasteiger partial charge in [0, 0.05) is 36.2 Å². The Hall–Kier alpha value is -2.63. The minimum Gasteiger partial charge on any atom is -0.343 e. The minimum atomic E-state index is -0.161. The van der Waals surface area contributed by atoms with Gasteiger partial charge in [0.25, 0.3) is 0 Å². The van der Waals surface area contributed by atoms with Gasteiger partial charge in [0.05, 0.1) is 11.7 Å². The summed E-state index contributed by atoms with van der Waals surface area (Å²) in [4.78, 5) is 22.9. The van der Waals surface area contributed by atoms with Crippen LogP contribution in [0.4, 0.5) is 0 Å². The fourth-order valence-corrected chi connectivity index (χ4v) is 4.14. The number of nitrogens with two attached hydrogens (primary N) is 1. The van der Waals surface area contributed by atoms with E-state index < -0.39 is 0 Å². The summed E-state index contributed by atoms with van der Waals surface area (Å²) in [5.74, 6) is 1.00. The Bertz CT molecular complexity index is 1000. The Labute approximate surface area is 189 Å². The van der Waals surface area contributed by atoms with Crippen LogP contribution >= 0.6 is 11.6 Å². The van der Waals surface area contributed by atoms with E-state index in [4.69, 9.17) is 22.3 Å². The molecule has 5 nitrogen and oxygen atoms in total. The summed E-state index contributed by atoms with van der Waals surface area (Å²) in [5, 5.41) is 0.668. The second-order valence-corrected chi connectivity index (χ2v) is 8.60. The first kappa shape index (κ1) is 23.0. The zero-order valence-corrected chi connectivity index (χ0v) is 19.2. The number of halogens is 1. The van der Waals surface area contributed by atoms with Gasteiger partial charge in [0.1, 0.15) is 5.82 Å². The molecule has 1 aromatic heterocycles. The summed E-state index contributed by atoms with van der Waals surface area (Å²) in [5.41, 5.74) is 9.75. The number of aromatic amines is 1. The van der Waals surface area contributed by atoms with Gasteiger partial charge in [-0.1, -0.05) is 67.9 Å². The van der Waals surface area contributed by atoms with E-state index in [9.17, 15) is 4.79 Å². The third-order valence-electron chi connectivity index (χ3n) is 5.37. The topological polar surface area (TPSA) is 75.0 Å². The van der Waals surface area contributed by atoms with Crippen molar-refractivity contribution in [2.75, 3.05) is 13.1 Å². The molecule has 0 radical (unpaired) electrons. The molecule has 164 valence electrons. The molecule has 0 fully saturated rings. The number of nitrogens with one attached hydrogen (secondary N) is 1. The highest BCUT2D eigenvalue weighted by molar-refractivity contribution is 6.30. The van der Waals surface area contributed by atoms with Crippen molar-refractivity contribution in [2.24, 2.45) is 11.7 Å². The largest absolute Gasteiger partial charge is 0.343 e. The van der Waals surface area contributed by atoms with Crippen molar-refractivity contribution in [3.8, 4) is 11.3 Å². The smallest absolute Gasteiger partial charge is 0.220 e. The van der Waals surface area contributed by atoms with Crippen molar-refractivity contribution in [3.05, 3.63) is 76.7 Å². The van der Waals surface area contributed by atoms with Gasteiger partial charge in [-0.2, -0.15) is 0 Å². The van der Waals surface area contributed by atoms with Gasteiger partial charge in [-0.05, 0) is 36.6 Å². The van der Waals surface area contributed by atoms with E-state index in [-0.39, 0.29) is 17.9 Å². The molecule has 3 N–H and O–H groups in total. The lowest BCUT2D eigenvalue weighted by Gasteiger charge is -2.32. The number of nitrogens with zero attached hydrogens (tertiary/aromatic N) is 2. The maximum Gasteiger partial charge on any atom is 0.220 e. The van der Waals surface area contributed by atoms with E-state index in [2.05, 4.69) is 31.0 Å². The average Bonchev–Trinajstić information content (AvgIpc) is 3.14. The molecule has 0 aliphatic rings. The molecule has 0 spiro atoms. The highest BCUT2D eigenvalue weighted by atomic mass is 35.5. The molecule has 0 bridgehead atoms. The molecule has 0 aliphatic carbocycles. The van der Waals surface area contributed by atoms with Crippen LogP contribution in [0.3, 0.4) is 0 Å². The molecule has 1 amide bonds. The molecular formula is C25H31ClN4O. The fourth-order valence-electron chi connectivity index (χ4n) is 3.95. The number of imidazole rings is 1. The second kappa shape index (κ2) is 10.6. The number of hydrogen-bond acceptors (Lipinski definition) is 3. The lowest BCUT2D eigenvalue weighted by atomic mass is 10.0. The molecule has 31 heavy (non-hydrogen) atoms. The number of carbonyl (C=O) groups excluding carboxylic acids is 1. The van der Waals surface area contributed by atoms with Crippen LogP contribution in [0.25, 0.3) is 11.3 Å². The van der Waals surface area contributed by atoms with E-state index in [1.807, 2.05) is 47.4 Å². The third kappa shape index (κ3) is 5.75. The predicted octanol–water partition coefficient (Wildman–Crippen LogP) is 5.22. The molecule has 2 aromatic carbocycles. The fraction of sp³-hybridized carbons (Fsp3) is 0.360. The van der Waals surface area contributed by atoms with Crippen molar-refractivity contribution in [3.63, 3.8) is 0 Å². The second-order valence-electron chi connectivity index (χ2n) is 8.17. The van der Waals surface area contributed by atoms with Crippen molar-refractivity contribution < 1.29 is 4.79 Å². The van der Waals surface area contributed by atoms with Crippen LogP contribution in [0.2, 0.25) is 5.02 Å². The highest BCUT2D eigenvalue weighted by Crippen LogP contribution is 2.32. The summed E-state index contributed by atoms with van der Waals surface area (Å²) in [7, 11) is 0. The normalized spacial score (nSPS) is 12.2. The number of hydrogen-bond donors (Lipinski definition) is 2. The molecule has 0 saturated carbocycles. The lowest BCUT2D eigenvalue weighted by Crippen LogP contribution is -2.38. The Balaban J connectivity index is 2.08. The van der Waals surface area contributed by atoms with Crippen molar-refractivity contribution in [2.45, 2.75) is 39.7 Å². The van der Waals surface area contributed by atoms with Crippen molar-refractivity contribution >= 4 is 17.5 Å². The third-order valence-corrected chi connectivity index (χ3v) is 5.61. The molecule has 1 heterocycles. The molecule has 0 unspecified atom stereocenters. The quantitative estimate of drug-likeness (QED) is 0.481. The van der Waals surface area contributed by atoms with Crippen LogP contribution in [0.1, 0.15) is 50.3 Å². The van der Waals surface area contributed by atoms with E-state index in [0.29, 0.717) is 24.5 Å². The van der Waals surface area contributed by atoms with Crippen LogP contribution in [-0.2, 0) is 11.2 Å². The molecule has 3 rings (SSSR count). The zero-order valence-electron chi connectivity index (χ0n) is 18.4. The summed E-state index contributed by atoms with van der Waals surface area (Å²) in [6.45, 7) is 6.98. The predicted molar refractivity (Wildman–Crippen MR) is 127 cm³/mol. The minimum absolute atomic E-state index is 0.0254. The Morgan fingerprint density at radius 2 is 1.90 bits per heavy atom. The van der Waals surface area contributed by atoms with Gasteiger partial charge in [-0.15, -0.1) is 0 Å². The number of H-pyrrole nitrogens is 1. The number of rotatable bonds is 9.